The van der Waals surface area contributed by atoms with E-state index in [9.17, 15) is 0 Å². The largest absolute Gasteiger partial charge is 0.329 e. The molecule has 0 aliphatic rings. The van der Waals surface area contributed by atoms with E-state index in [1.165, 1.54) is 5.56 Å². The highest BCUT2D eigenvalue weighted by molar-refractivity contribution is 6.29. The van der Waals surface area contributed by atoms with E-state index in [4.69, 9.17) is 17.3 Å². The summed E-state index contributed by atoms with van der Waals surface area (Å²) in [6.07, 6.45) is 3.70. The molecule has 0 bridgehead atoms. The number of nitrogens with zero attached hydrogens (tertiary/aromatic N) is 3. The Morgan fingerprint density at radius 2 is 1.88 bits per heavy atom. The van der Waals surface area contributed by atoms with E-state index in [0.717, 1.165) is 42.0 Å². The van der Waals surface area contributed by atoms with Gasteiger partial charge in [0.25, 0.3) is 0 Å². The van der Waals surface area contributed by atoms with Crippen molar-refractivity contribution in [2.75, 3.05) is 13.1 Å². The third-order valence-corrected chi connectivity index (χ3v) is 4.32. The minimum atomic E-state index is 0.505. The lowest BCUT2D eigenvalue weighted by molar-refractivity contribution is 0.264. The van der Waals surface area contributed by atoms with Crippen LogP contribution in [0.3, 0.4) is 0 Å². The van der Waals surface area contributed by atoms with E-state index < -0.39 is 0 Å². The molecular formula is C19H22ClN5. The smallest absolute Gasteiger partial charge is 0.129 e. The molecule has 0 saturated carbocycles. The Balaban J connectivity index is 1.77. The van der Waals surface area contributed by atoms with Gasteiger partial charge in [-0.05, 0) is 24.1 Å². The highest BCUT2D eigenvalue weighted by Gasteiger charge is 2.13. The summed E-state index contributed by atoms with van der Waals surface area (Å²) in [6, 6.07) is 12.3. The van der Waals surface area contributed by atoms with Crippen LogP contribution < -0.4 is 5.73 Å². The van der Waals surface area contributed by atoms with E-state index in [1.807, 2.05) is 24.5 Å². The first-order valence-electron chi connectivity index (χ1n) is 8.28. The maximum atomic E-state index is 5.87. The van der Waals surface area contributed by atoms with Crippen LogP contribution in [-0.4, -0.2) is 33.2 Å². The lowest BCUT2D eigenvalue weighted by atomic mass is 10.1. The normalized spacial score (nSPS) is 11.2. The van der Waals surface area contributed by atoms with Gasteiger partial charge in [-0.2, -0.15) is 5.10 Å². The summed E-state index contributed by atoms with van der Waals surface area (Å²) < 4.78 is 0. The SMILES string of the molecule is Cc1ccc(-c2[nH]ncc2CN(CCN)Cc2ccc(Cl)nc2)cc1. The van der Waals surface area contributed by atoms with Crippen LogP contribution in [-0.2, 0) is 13.1 Å². The second-order valence-corrected chi connectivity index (χ2v) is 6.51. The third kappa shape index (κ3) is 4.66. The molecule has 3 N–H and O–H groups in total. The maximum Gasteiger partial charge on any atom is 0.129 e. The molecule has 25 heavy (non-hydrogen) atoms. The fourth-order valence-corrected chi connectivity index (χ4v) is 2.91. The van der Waals surface area contributed by atoms with Gasteiger partial charge in [0.05, 0.1) is 11.9 Å². The Kier molecular flexibility index (Phi) is 5.81. The molecule has 0 aliphatic heterocycles. The van der Waals surface area contributed by atoms with Crippen molar-refractivity contribution in [1.29, 1.82) is 0 Å². The Morgan fingerprint density at radius 3 is 2.56 bits per heavy atom. The molecule has 0 unspecified atom stereocenters. The quantitative estimate of drug-likeness (QED) is 0.637. The number of rotatable bonds is 7. The first-order chi connectivity index (χ1) is 12.2. The molecule has 5 nitrogen and oxygen atoms in total. The average molecular weight is 356 g/mol. The van der Waals surface area contributed by atoms with Crippen LogP contribution >= 0.6 is 11.6 Å². The number of halogens is 1. The number of aromatic nitrogens is 3. The minimum Gasteiger partial charge on any atom is -0.329 e. The lowest BCUT2D eigenvalue weighted by Gasteiger charge is -2.21. The van der Waals surface area contributed by atoms with Gasteiger partial charge in [0.1, 0.15) is 5.15 Å². The van der Waals surface area contributed by atoms with Crippen molar-refractivity contribution in [2.45, 2.75) is 20.0 Å². The zero-order valence-electron chi connectivity index (χ0n) is 14.2. The number of hydrogen-bond donors (Lipinski definition) is 2. The van der Waals surface area contributed by atoms with Crippen LogP contribution in [0.1, 0.15) is 16.7 Å². The summed E-state index contributed by atoms with van der Waals surface area (Å²) in [5.74, 6) is 0. The van der Waals surface area contributed by atoms with Crippen LogP contribution in [0.25, 0.3) is 11.3 Å². The van der Waals surface area contributed by atoms with Crippen molar-refractivity contribution < 1.29 is 0 Å². The number of nitrogens with one attached hydrogen (secondary N) is 1. The molecule has 3 aromatic rings. The molecule has 6 heteroatoms. The Bertz CT molecular complexity index is 795. The number of hydrogen-bond acceptors (Lipinski definition) is 4. The van der Waals surface area contributed by atoms with E-state index in [1.54, 1.807) is 0 Å². The van der Waals surface area contributed by atoms with E-state index in [2.05, 4.69) is 51.3 Å². The van der Waals surface area contributed by atoms with Crippen molar-refractivity contribution in [3.8, 4) is 11.3 Å². The zero-order chi connectivity index (χ0) is 17.6. The number of benzene rings is 1. The van der Waals surface area contributed by atoms with Gasteiger partial charge in [-0.15, -0.1) is 0 Å². The molecule has 0 atom stereocenters. The second kappa shape index (κ2) is 8.25. The van der Waals surface area contributed by atoms with Gasteiger partial charge >= 0.3 is 0 Å². The second-order valence-electron chi connectivity index (χ2n) is 6.12. The lowest BCUT2D eigenvalue weighted by Crippen LogP contribution is -2.28. The first-order valence-corrected chi connectivity index (χ1v) is 8.65. The van der Waals surface area contributed by atoms with E-state index in [-0.39, 0.29) is 0 Å². The summed E-state index contributed by atoms with van der Waals surface area (Å²) in [5, 5.41) is 7.87. The Labute approximate surface area is 152 Å². The molecule has 0 spiro atoms. The molecule has 2 aromatic heterocycles. The molecule has 130 valence electrons. The standard InChI is InChI=1S/C19H22ClN5/c1-14-2-5-16(6-3-14)19-17(11-23-24-19)13-25(9-8-21)12-15-4-7-18(20)22-10-15/h2-7,10-11H,8-9,12-13,21H2,1H3,(H,23,24). The van der Waals surface area contributed by atoms with Crippen molar-refractivity contribution in [2.24, 2.45) is 5.73 Å². The van der Waals surface area contributed by atoms with Gasteiger partial charge in [-0.3, -0.25) is 10.00 Å². The monoisotopic (exact) mass is 355 g/mol. The molecule has 0 amide bonds. The summed E-state index contributed by atoms with van der Waals surface area (Å²) in [6.45, 7) is 5.00. The molecule has 2 heterocycles. The number of aromatic amines is 1. The predicted molar refractivity (Wildman–Crippen MR) is 101 cm³/mol. The fourth-order valence-electron chi connectivity index (χ4n) is 2.80. The molecule has 0 aliphatic carbocycles. The summed E-state index contributed by atoms with van der Waals surface area (Å²) in [7, 11) is 0. The van der Waals surface area contributed by atoms with Crippen LogP contribution in [0.2, 0.25) is 5.15 Å². The fraction of sp³-hybridized carbons (Fsp3) is 0.263. The molecule has 0 fully saturated rings. The van der Waals surface area contributed by atoms with Crippen LogP contribution in [0.15, 0.2) is 48.8 Å². The summed E-state index contributed by atoms with van der Waals surface area (Å²) in [5.41, 5.74) is 11.5. The van der Waals surface area contributed by atoms with E-state index in [0.29, 0.717) is 11.7 Å². The molecule has 3 rings (SSSR count). The predicted octanol–water partition coefficient (Wildman–Crippen LogP) is 3.39. The van der Waals surface area contributed by atoms with Gasteiger partial charge in [0, 0.05) is 37.9 Å². The van der Waals surface area contributed by atoms with Crippen molar-refractivity contribution in [3.63, 3.8) is 0 Å². The Morgan fingerprint density at radius 1 is 1.08 bits per heavy atom. The van der Waals surface area contributed by atoms with Crippen LogP contribution in [0.5, 0.6) is 0 Å². The van der Waals surface area contributed by atoms with Crippen molar-refractivity contribution in [1.82, 2.24) is 20.1 Å². The minimum absolute atomic E-state index is 0.505. The number of aryl methyl sites for hydroxylation is 1. The van der Waals surface area contributed by atoms with Gasteiger partial charge in [0.15, 0.2) is 0 Å². The van der Waals surface area contributed by atoms with Gasteiger partial charge in [-0.25, -0.2) is 4.98 Å². The van der Waals surface area contributed by atoms with Gasteiger partial charge in [0.2, 0.25) is 0 Å². The van der Waals surface area contributed by atoms with Gasteiger partial charge in [-0.1, -0.05) is 47.5 Å². The van der Waals surface area contributed by atoms with Crippen molar-refractivity contribution >= 4 is 11.6 Å². The van der Waals surface area contributed by atoms with E-state index >= 15 is 0 Å². The summed E-state index contributed by atoms with van der Waals surface area (Å²) >= 11 is 5.87. The summed E-state index contributed by atoms with van der Waals surface area (Å²) in [4.78, 5) is 6.44. The molecule has 1 aromatic carbocycles. The Hall–Kier alpha value is -2.21. The number of H-pyrrole nitrogens is 1. The zero-order valence-corrected chi connectivity index (χ0v) is 15.0. The number of nitrogens with two attached hydrogens (primary N) is 1. The highest BCUT2D eigenvalue weighted by atomic mass is 35.5. The van der Waals surface area contributed by atoms with Crippen LogP contribution in [0.4, 0.5) is 0 Å². The maximum absolute atomic E-state index is 5.87. The van der Waals surface area contributed by atoms with Crippen molar-refractivity contribution in [3.05, 3.63) is 70.6 Å². The first kappa shape index (κ1) is 17.6. The highest BCUT2D eigenvalue weighted by Crippen LogP contribution is 2.23. The third-order valence-electron chi connectivity index (χ3n) is 4.09. The molecule has 0 radical (unpaired) electrons. The molecule has 0 saturated heterocycles. The average Bonchev–Trinajstić information content (AvgIpc) is 3.06. The van der Waals surface area contributed by atoms with Crippen LogP contribution in [0, 0.1) is 6.92 Å². The topological polar surface area (TPSA) is 70.8 Å². The van der Waals surface area contributed by atoms with Gasteiger partial charge < -0.3 is 5.73 Å². The number of pyridine rings is 1. The molecular weight excluding hydrogens is 334 g/mol.